The highest BCUT2D eigenvalue weighted by molar-refractivity contribution is 7.80. The van der Waals surface area contributed by atoms with Gasteiger partial charge in [-0.2, -0.15) is 13.2 Å². The SMILES string of the molecule is CC(C)N(O)C(=S)c1cc(-n2c(=O)cc(C(F)(F)F)n(C)c2=O)c(F)cc1Cl. The summed E-state index contributed by atoms with van der Waals surface area (Å²) in [6.07, 6.45) is -4.95. The first-order valence-corrected chi connectivity index (χ1v) is 8.48. The average Bonchev–Trinajstić information content (AvgIpc) is 2.57. The van der Waals surface area contributed by atoms with E-state index in [-0.39, 0.29) is 30.8 Å². The molecule has 1 aromatic carbocycles. The molecule has 0 spiro atoms. The van der Waals surface area contributed by atoms with Gasteiger partial charge in [-0.15, -0.1) is 0 Å². The molecule has 0 aliphatic rings. The number of rotatable bonds is 3. The zero-order valence-electron chi connectivity index (χ0n) is 14.7. The molecular formula is C16H14ClF4N3O3S. The van der Waals surface area contributed by atoms with Crippen molar-refractivity contribution in [3.63, 3.8) is 0 Å². The van der Waals surface area contributed by atoms with Gasteiger partial charge >= 0.3 is 11.9 Å². The molecule has 2 rings (SSSR count). The van der Waals surface area contributed by atoms with Crippen LogP contribution in [0.2, 0.25) is 5.02 Å². The van der Waals surface area contributed by atoms with E-state index in [9.17, 15) is 32.4 Å². The number of aromatic nitrogens is 2. The Morgan fingerprint density at radius 1 is 1.25 bits per heavy atom. The summed E-state index contributed by atoms with van der Waals surface area (Å²) in [6.45, 7) is 3.20. The van der Waals surface area contributed by atoms with Crippen molar-refractivity contribution >= 4 is 28.8 Å². The van der Waals surface area contributed by atoms with E-state index in [0.717, 1.165) is 19.2 Å². The van der Waals surface area contributed by atoms with Crippen LogP contribution in [-0.4, -0.2) is 30.4 Å². The van der Waals surface area contributed by atoms with Crippen molar-refractivity contribution in [2.45, 2.75) is 26.1 Å². The van der Waals surface area contributed by atoms with E-state index < -0.39 is 40.7 Å². The second kappa shape index (κ2) is 7.64. The minimum atomic E-state index is -4.95. The number of benzene rings is 1. The first-order valence-electron chi connectivity index (χ1n) is 7.69. The van der Waals surface area contributed by atoms with E-state index in [1.165, 1.54) is 0 Å². The first kappa shape index (κ1) is 22.1. The molecule has 0 atom stereocenters. The van der Waals surface area contributed by atoms with Crippen LogP contribution in [0.3, 0.4) is 0 Å². The van der Waals surface area contributed by atoms with Crippen LogP contribution in [0.4, 0.5) is 17.6 Å². The maximum absolute atomic E-state index is 14.4. The van der Waals surface area contributed by atoms with Crippen LogP contribution in [0.25, 0.3) is 5.69 Å². The molecule has 152 valence electrons. The maximum atomic E-state index is 14.4. The van der Waals surface area contributed by atoms with Crippen molar-refractivity contribution in [2.24, 2.45) is 7.05 Å². The summed E-state index contributed by atoms with van der Waals surface area (Å²) >= 11 is 11.0. The molecular weight excluding hydrogens is 426 g/mol. The lowest BCUT2D eigenvalue weighted by atomic mass is 10.1. The molecule has 1 N–H and O–H groups in total. The number of alkyl halides is 3. The van der Waals surface area contributed by atoms with Gasteiger partial charge in [-0.1, -0.05) is 23.8 Å². The summed E-state index contributed by atoms with van der Waals surface area (Å²) in [4.78, 5) is 24.3. The lowest BCUT2D eigenvalue weighted by Crippen LogP contribution is -2.41. The minimum absolute atomic E-state index is 0.0851. The standard InChI is InChI=1S/C16H14ClF4N3O3S/c1-7(2)24(27)14(28)8-4-11(10(18)5-9(8)17)23-13(25)6-12(16(19,20)21)22(3)15(23)26/h4-7,27H,1-3H3. The summed E-state index contributed by atoms with van der Waals surface area (Å²) in [5, 5.41) is 10.4. The van der Waals surface area contributed by atoms with Crippen LogP contribution in [-0.2, 0) is 13.2 Å². The maximum Gasteiger partial charge on any atom is 0.431 e. The molecule has 0 aliphatic carbocycles. The molecule has 1 heterocycles. The van der Waals surface area contributed by atoms with Gasteiger partial charge in [-0.05, 0) is 26.0 Å². The Hall–Kier alpha value is -2.24. The van der Waals surface area contributed by atoms with Gasteiger partial charge in [0.15, 0.2) is 0 Å². The van der Waals surface area contributed by atoms with Crippen molar-refractivity contribution in [1.29, 1.82) is 0 Å². The fourth-order valence-corrected chi connectivity index (χ4v) is 3.03. The lowest BCUT2D eigenvalue weighted by Gasteiger charge is -2.23. The Bertz CT molecular complexity index is 1060. The van der Waals surface area contributed by atoms with Crippen molar-refractivity contribution in [1.82, 2.24) is 14.2 Å². The molecule has 2 aromatic rings. The van der Waals surface area contributed by atoms with Crippen molar-refractivity contribution < 1.29 is 22.8 Å². The molecule has 0 aliphatic heterocycles. The quantitative estimate of drug-likeness (QED) is 0.452. The predicted molar refractivity (Wildman–Crippen MR) is 97.7 cm³/mol. The molecule has 0 unspecified atom stereocenters. The zero-order valence-corrected chi connectivity index (χ0v) is 16.3. The van der Waals surface area contributed by atoms with Gasteiger partial charge in [0.1, 0.15) is 16.5 Å². The van der Waals surface area contributed by atoms with Gasteiger partial charge in [-0.25, -0.2) is 18.8 Å². The fraction of sp³-hybridized carbons (Fsp3) is 0.312. The Labute approximate surface area is 166 Å². The highest BCUT2D eigenvalue weighted by Gasteiger charge is 2.35. The van der Waals surface area contributed by atoms with Crippen LogP contribution < -0.4 is 11.2 Å². The summed E-state index contributed by atoms with van der Waals surface area (Å²) in [5.74, 6) is -1.13. The Kier molecular flexibility index (Phi) is 6.02. The molecule has 1 aromatic heterocycles. The summed E-state index contributed by atoms with van der Waals surface area (Å²) in [5.41, 5.74) is -5.03. The van der Waals surface area contributed by atoms with Crippen LogP contribution >= 0.6 is 23.8 Å². The lowest BCUT2D eigenvalue weighted by molar-refractivity contribution is -0.144. The third-order valence-electron chi connectivity index (χ3n) is 3.82. The normalized spacial score (nSPS) is 11.8. The van der Waals surface area contributed by atoms with Gasteiger partial charge in [-0.3, -0.25) is 14.6 Å². The smallest absolute Gasteiger partial charge is 0.292 e. The molecule has 0 amide bonds. The van der Waals surface area contributed by atoms with Crippen LogP contribution in [0.15, 0.2) is 27.8 Å². The molecule has 12 heteroatoms. The predicted octanol–water partition coefficient (Wildman–Crippen LogP) is 3.12. The fourth-order valence-electron chi connectivity index (χ4n) is 2.35. The van der Waals surface area contributed by atoms with E-state index in [2.05, 4.69) is 0 Å². The monoisotopic (exact) mass is 439 g/mol. The Morgan fingerprint density at radius 2 is 1.82 bits per heavy atom. The number of hydrogen-bond donors (Lipinski definition) is 1. The van der Waals surface area contributed by atoms with Crippen molar-refractivity contribution in [3.05, 3.63) is 61.1 Å². The molecule has 0 saturated heterocycles. The highest BCUT2D eigenvalue weighted by atomic mass is 35.5. The molecule has 0 fully saturated rings. The van der Waals surface area contributed by atoms with Gasteiger partial charge in [0.25, 0.3) is 5.56 Å². The average molecular weight is 440 g/mol. The molecule has 0 bridgehead atoms. The minimum Gasteiger partial charge on any atom is -0.292 e. The summed E-state index contributed by atoms with van der Waals surface area (Å²) < 4.78 is 53.7. The largest absolute Gasteiger partial charge is 0.431 e. The first-order chi connectivity index (χ1) is 12.8. The van der Waals surface area contributed by atoms with E-state index in [1.54, 1.807) is 13.8 Å². The number of thiocarbonyl (C=S) groups is 1. The molecule has 0 radical (unpaired) electrons. The highest BCUT2D eigenvalue weighted by Crippen LogP contribution is 2.28. The number of hydroxylamine groups is 2. The third kappa shape index (κ3) is 3.96. The summed E-state index contributed by atoms with van der Waals surface area (Å²) in [7, 11) is 0.800. The van der Waals surface area contributed by atoms with Crippen molar-refractivity contribution in [3.8, 4) is 5.69 Å². The second-order valence-electron chi connectivity index (χ2n) is 6.07. The number of halogens is 5. The zero-order chi connectivity index (χ0) is 21.5. The van der Waals surface area contributed by atoms with Crippen LogP contribution in [0.1, 0.15) is 25.1 Å². The van der Waals surface area contributed by atoms with Crippen molar-refractivity contribution in [2.75, 3.05) is 0 Å². The molecule has 28 heavy (non-hydrogen) atoms. The number of hydrogen-bond acceptors (Lipinski definition) is 4. The molecule has 0 saturated carbocycles. The topological polar surface area (TPSA) is 67.5 Å². The van der Waals surface area contributed by atoms with E-state index >= 15 is 0 Å². The molecule has 6 nitrogen and oxygen atoms in total. The van der Waals surface area contributed by atoms with E-state index in [0.29, 0.717) is 5.06 Å². The van der Waals surface area contributed by atoms with E-state index in [1.807, 2.05) is 0 Å². The second-order valence-corrected chi connectivity index (χ2v) is 6.86. The van der Waals surface area contributed by atoms with Crippen LogP contribution in [0.5, 0.6) is 0 Å². The third-order valence-corrected chi connectivity index (χ3v) is 4.54. The summed E-state index contributed by atoms with van der Waals surface area (Å²) in [6, 6.07) is 1.37. The number of nitrogens with zero attached hydrogens (tertiary/aromatic N) is 3. The van der Waals surface area contributed by atoms with E-state index in [4.69, 9.17) is 23.8 Å². The van der Waals surface area contributed by atoms with Gasteiger partial charge in [0.2, 0.25) is 0 Å². The van der Waals surface area contributed by atoms with Gasteiger partial charge in [0.05, 0.1) is 16.8 Å². The van der Waals surface area contributed by atoms with Gasteiger partial charge in [0, 0.05) is 18.7 Å². The van der Waals surface area contributed by atoms with Crippen LogP contribution in [0, 0.1) is 5.82 Å². The van der Waals surface area contributed by atoms with Gasteiger partial charge < -0.3 is 0 Å². The Balaban J connectivity index is 2.79. The Morgan fingerprint density at radius 3 is 2.32 bits per heavy atom.